The predicted molar refractivity (Wildman–Crippen MR) is 75.7 cm³/mol. The van der Waals surface area contributed by atoms with E-state index >= 15 is 0 Å². The third-order valence-corrected chi connectivity index (χ3v) is 3.03. The molecule has 0 unspecified atom stereocenters. The summed E-state index contributed by atoms with van der Waals surface area (Å²) in [4.78, 5) is 12.2. The Labute approximate surface area is 117 Å². The number of Topliss-reactive ketones (excluding diaryl/α,β-unsaturated/α-hetero) is 1. The molecular weight excluding hydrogens is 256 g/mol. The van der Waals surface area contributed by atoms with Gasteiger partial charge in [0, 0.05) is 12.0 Å². The van der Waals surface area contributed by atoms with Gasteiger partial charge in [-0.05, 0) is 35.9 Å². The number of hydrogen-bond acceptors (Lipinski definition) is 4. The summed E-state index contributed by atoms with van der Waals surface area (Å²) in [5.41, 5.74) is 1.42. The van der Waals surface area contributed by atoms with E-state index in [1.165, 1.54) is 13.2 Å². The summed E-state index contributed by atoms with van der Waals surface area (Å²) in [5.74, 6) is 1.04. The lowest BCUT2D eigenvalue weighted by molar-refractivity contribution is 0.0992. The predicted octanol–water partition coefficient (Wildman–Crippen LogP) is 2.83. The van der Waals surface area contributed by atoms with Crippen molar-refractivity contribution in [3.05, 3.63) is 53.6 Å². The molecule has 0 aromatic heterocycles. The lowest BCUT2D eigenvalue weighted by Crippen LogP contribution is -2.03. The highest BCUT2D eigenvalue weighted by molar-refractivity contribution is 5.98. The lowest BCUT2D eigenvalue weighted by atomic mass is 10.0. The van der Waals surface area contributed by atoms with Gasteiger partial charge in [0.2, 0.25) is 0 Å². The highest BCUT2D eigenvalue weighted by Crippen LogP contribution is 2.26. The van der Waals surface area contributed by atoms with E-state index in [0.717, 1.165) is 11.3 Å². The number of hydrogen-bond donors (Lipinski definition) is 1. The van der Waals surface area contributed by atoms with Crippen LogP contribution in [0.4, 0.5) is 0 Å². The SMILES string of the molecule is COc1ccc(CC(=O)c2ccc(O)c(OC)c2)cc1. The Morgan fingerprint density at radius 1 is 1.05 bits per heavy atom. The molecule has 0 radical (unpaired) electrons. The molecule has 0 bridgehead atoms. The van der Waals surface area contributed by atoms with Crippen LogP contribution in [0.15, 0.2) is 42.5 Å². The largest absolute Gasteiger partial charge is 0.504 e. The zero-order valence-electron chi connectivity index (χ0n) is 11.4. The molecule has 0 aliphatic rings. The van der Waals surface area contributed by atoms with Crippen LogP contribution in [0.1, 0.15) is 15.9 Å². The Morgan fingerprint density at radius 3 is 2.35 bits per heavy atom. The summed E-state index contributed by atoms with van der Waals surface area (Å²) in [6.07, 6.45) is 0.290. The van der Waals surface area contributed by atoms with Gasteiger partial charge in [-0.3, -0.25) is 4.79 Å². The van der Waals surface area contributed by atoms with E-state index in [1.807, 2.05) is 24.3 Å². The van der Waals surface area contributed by atoms with Crippen LogP contribution >= 0.6 is 0 Å². The summed E-state index contributed by atoms with van der Waals surface area (Å²) in [5, 5.41) is 9.51. The molecule has 2 aromatic carbocycles. The standard InChI is InChI=1S/C16H16O4/c1-19-13-6-3-11(4-7-13)9-15(18)12-5-8-14(17)16(10-12)20-2/h3-8,10,17H,9H2,1-2H3. The van der Waals surface area contributed by atoms with Crippen LogP contribution in [-0.4, -0.2) is 25.1 Å². The number of aromatic hydroxyl groups is 1. The molecule has 2 rings (SSSR count). The number of methoxy groups -OCH3 is 2. The number of ether oxygens (including phenoxy) is 2. The van der Waals surface area contributed by atoms with E-state index in [4.69, 9.17) is 9.47 Å². The van der Waals surface area contributed by atoms with Crippen molar-refractivity contribution in [3.8, 4) is 17.2 Å². The summed E-state index contributed by atoms with van der Waals surface area (Å²) in [6.45, 7) is 0. The van der Waals surface area contributed by atoms with E-state index < -0.39 is 0 Å². The van der Waals surface area contributed by atoms with Crippen molar-refractivity contribution in [1.29, 1.82) is 0 Å². The van der Waals surface area contributed by atoms with E-state index in [-0.39, 0.29) is 18.0 Å². The lowest BCUT2D eigenvalue weighted by Gasteiger charge is -2.07. The minimum absolute atomic E-state index is 0.0218. The maximum absolute atomic E-state index is 12.2. The summed E-state index contributed by atoms with van der Waals surface area (Å²) >= 11 is 0. The molecule has 0 heterocycles. The Hall–Kier alpha value is -2.49. The Balaban J connectivity index is 2.14. The van der Waals surface area contributed by atoms with Crippen LogP contribution in [0, 0.1) is 0 Å². The van der Waals surface area contributed by atoms with E-state index in [1.54, 1.807) is 19.2 Å². The average molecular weight is 272 g/mol. The second-order valence-corrected chi connectivity index (χ2v) is 4.33. The second-order valence-electron chi connectivity index (χ2n) is 4.33. The molecule has 0 atom stereocenters. The van der Waals surface area contributed by atoms with Crippen molar-refractivity contribution in [2.24, 2.45) is 0 Å². The monoisotopic (exact) mass is 272 g/mol. The third-order valence-electron chi connectivity index (χ3n) is 3.03. The van der Waals surface area contributed by atoms with E-state index in [2.05, 4.69) is 0 Å². The van der Waals surface area contributed by atoms with Gasteiger partial charge in [-0.1, -0.05) is 12.1 Å². The van der Waals surface area contributed by atoms with Crippen molar-refractivity contribution in [2.75, 3.05) is 14.2 Å². The Kier molecular flexibility index (Phi) is 4.25. The fourth-order valence-electron chi connectivity index (χ4n) is 1.88. The third kappa shape index (κ3) is 3.09. The molecule has 0 saturated heterocycles. The van der Waals surface area contributed by atoms with Gasteiger partial charge in [0.05, 0.1) is 14.2 Å². The first-order valence-electron chi connectivity index (χ1n) is 6.17. The number of benzene rings is 2. The molecule has 0 amide bonds. The smallest absolute Gasteiger partial charge is 0.167 e. The average Bonchev–Trinajstić information content (AvgIpc) is 2.48. The van der Waals surface area contributed by atoms with Crippen LogP contribution in [0.2, 0.25) is 0 Å². The highest BCUT2D eigenvalue weighted by Gasteiger charge is 2.10. The van der Waals surface area contributed by atoms with Gasteiger partial charge >= 0.3 is 0 Å². The van der Waals surface area contributed by atoms with Crippen LogP contribution in [0.5, 0.6) is 17.2 Å². The maximum atomic E-state index is 12.2. The molecule has 0 aliphatic heterocycles. The molecule has 0 aliphatic carbocycles. The molecule has 0 saturated carbocycles. The van der Waals surface area contributed by atoms with E-state index in [0.29, 0.717) is 11.3 Å². The zero-order valence-corrected chi connectivity index (χ0v) is 11.4. The fraction of sp³-hybridized carbons (Fsp3) is 0.188. The number of carbonyl (C=O) groups excluding carboxylic acids is 1. The molecular formula is C16H16O4. The van der Waals surface area contributed by atoms with Crippen molar-refractivity contribution >= 4 is 5.78 Å². The first-order valence-corrected chi connectivity index (χ1v) is 6.17. The highest BCUT2D eigenvalue weighted by atomic mass is 16.5. The number of phenolic OH excluding ortho intramolecular Hbond substituents is 1. The summed E-state index contributed by atoms with van der Waals surface area (Å²) in [6, 6.07) is 11.9. The Bertz CT molecular complexity index is 602. The molecule has 4 nitrogen and oxygen atoms in total. The van der Waals surface area contributed by atoms with E-state index in [9.17, 15) is 9.90 Å². The van der Waals surface area contributed by atoms with Gasteiger partial charge in [-0.2, -0.15) is 0 Å². The molecule has 104 valence electrons. The summed E-state index contributed by atoms with van der Waals surface area (Å²) in [7, 11) is 3.05. The molecule has 4 heteroatoms. The van der Waals surface area contributed by atoms with Gasteiger partial charge in [0.15, 0.2) is 17.3 Å². The normalized spacial score (nSPS) is 10.1. The maximum Gasteiger partial charge on any atom is 0.167 e. The molecule has 20 heavy (non-hydrogen) atoms. The molecule has 0 fully saturated rings. The van der Waals surface area contributed by atoms with Crippen molar-refractivity contribution < 1.29 is 19.4 Å². The Morgan fingerprint density at radius 2 is 1.75 bits per heavy atom. The first-order chi connectivity index (χ1) is 9.63. The van der Waals surface area contributed by atoms with Crippen LogP contribution in [0.3, 0.4) is 0 Å². The minimum atomic E-state index is -0.0338. The molecule has 0 spiro atoms. The van der Waals surface area contributed by atoms with Gasteiger partial charge in [-0.15, -0.1) is 0 Å². The van der Waals surface area contributed by atoms with Gasteiger partial charge in [0.25, 0.3) is 0 Å². The number of rotatable bonds is 5. The fourth-order valence-corrected chi connectivity index (χ4v) is 1.88. The van der Waals surface area contributed by atoms with Gasteiger partial charge < -0.3 is 14.6 Å². The quantitative estimate of drug-likeness (QED) is 0.850. The van der Waals surface area contributed by atoms with Crippen LogP contribution in [0.25, 0.3) is 0 Å². The van der Waals surface area contributed by atoms with Crippen LogP contribution in [-0.2, 0) is 6.42 Å². The van der Waals surface area contributed by atoms with Crippen LogP contribution < -0.4 is 9.47 Å². The second kappa shape index (κ2) is 6.10. The molecule has 1 N–H and O–H groups in total. The first kappa shape index (κ1) is 13.9. The number of phenols is 1. The van der Waals surface area contributed by atoms with Crippen molar-refractivity contribution in [2.45, 2.75) is 6.42 Å². The molecule has 2 aromatic rings. The van der Waals surface area contributed by atoms with Crippen molar-refractivity contribution in [3.63, 3.8) is 0 Å². The zero-order chi connectivity index (χ0) is 14.5. The number of carbonyl (C=O) groups is 1. The number of ketones is 1. The van der Waals surface area contributed by atoms with Gasteiger partial charge in [0.1, 0.15) is 5.75 Å². The van der Waals surface area contributed by atoms with Crippen molar-refractivity contribution in [1.82, 2.24) is 0 Å². The van der Waals surface area contributed by atoms with Gasteiger partial charge in [-0.25, -0.2) is 0 Å². The minimum Gasteiger partial charge on any atom is -0.504 e. The topological polar surface area (TPSA) is 55.8 Å². The summed E-state index contributed by atoms with van der Waals surface area (Å²) < 4.78 is 10.1.